The van der Waals surface area contributed by atoms with E-state index in [1.165, 1.54) is 0 Å². The number of aryl methyl sites for hydroxylation is 1. The molecule has 84 valence electrons. The van der Waals surface area contributed by atoms with Gasteiger partial charge in [-0.15, -0.1) is 0 Å². The summed E-state index contributed by atoms with van der Waals surface area (Å²) in [7, 11) is 0. The molecule has 0 aliphatic rings. The zero-order chi connectivity index (χ0) is 12.3. The van der Waals surface area contributed by atoms with E-state index in [0.29, 0.717) is 11.3 Å². The highest BCUT2D eigenvalue weighted by atomic mass is 16.3. The van der Waals surface area contributed by atoms with Crippen molar-refractivity contribution in [2.24, 2.45) is 0 Å². The van der Waals surface area contributed by atoms with Crippen molar-refractivity contribution in [1.82, 2.24) is 4.98 Å². The van der Waals surface area contributed by atoms with Gasteiger partial charge in [-0.25, -0.2) is 0 Å². The molecule has 0 radical (unpaired) electrons. The van der Waals surface area contributed by atoms with E-state index in [2.05, 4.69) is 4.98 Å². The summed E-state index contributed by atoms with van der Waals surface area (Å²) in [5.41, 5.74) is 0.626. The lowest BCUT2D eigenvalue weighted by molar-refractivity contribution is 0.0950. The molecular weight excluding hydrogens is 216 g/mol. The molecule has 0 spiro atoms. The summed E-state index contributed by atoms with van der Waals surface area (Å²) >= 11 is 0. The van der Waals surface area contributed by atoms with Gasteiger partial charge in [0.05, 0.1) is 6.07 Å². The fourth-order valence-corrected chi connectivity index (χ4v) is 1.55. The molecule has 0 saturated carbocycles. The van der Waals surface area contributed by atoms with E-state index in [0.717, 1.165) is 0 Å². The molecule has 17 heavy (non-hydrogen) atoms. The fraction of sp³-hybridized carbons (Fsp3) is 0.154. The van der Waals surface area contributed by atoms with Crippen molar-refractivity contribution in [1.29, 1.82) is 5.26 Å². The second-order valence-electron chi connectivity index (χ2n) is 3.62. The first-order chi connectivity index (χ1) is 8.22. The van der Waals surface area contributed by atoms with E-state index in [1.807, 2.05) is 6.07 Å². The highest BCUT2D eigenvalue weighted by molar-refractivity contribution is 6.00. The maximum Gasteiger partial charge on any atom is 0.219 e. The fourth-order valence-electron chi connectivity index (χ4n) is 1.55. The zero-order valence-electron chi connectivity index (χ0n) is 9.25. The van der Waals surface area contributed by atoms with Crippen LogP contribution < -0.4 is 0 Å². The normalized spacial score (nSPS) is 11.8. The van der Waals surface area contributed by atoms with Crippen LogP contribution in [0.3, 0.4) is 0 Å². The first kappa shape index (κ1) is 11.1. The third-order valence-electron chi connectivity index (χ3n) is 2.41. The predicted molar refractivity (Wildman–Crippen MR) is 60.4 cm³/mol. The quantitative estimate of drug-likeness (QED) is 0.754. The number of Topliss-reactive ketones (excluding diaryl/α,β-unsaturated/α-hetero) is 1. The van der Waals surface area contributed by atoms with Crippen molar-refractivity contribution in [3.63, 3.8) is 0 Å². The largest absolute Gasteiger partial charge is 0.458 e. The first-order valence-corrected chi connectivity index (χ1v) is 5.12. The Labute approximate surface area is 98.5 Å². The third kappa shape index (κ3) is 2.23. The number of carbonyl (C=O) groups is 1. The first-order valence-electron chi connectivity index (χ1n) is 5.12. The van der Waals surface area contributed by atoms with Gasteiger partial charge < -0.3 is 4.42 Å². The van der Waals surface area contributed by atoms with Crippen molar-refractivity contribution >= 4 is 5.78 Å². The van der Waals surface area contributed by atoms with Gasteiger partial charge in [0, 0.05) is 12.4 Å². The third-order valence-corrected chi connectivity index (χ3v) is 2.41. The second kappa shape index (κ2) is 4.62. The number of rotatable bonds is 3. The lowest BCUT2D eigenvalue weighted by Crippen LogP contribution is -2.10. The Morgan fingerprint density at radius 2 is 2.06 bits per heavy atom. The van der Waals surface area contributed by atoms with Gasteiger partial charge in [0.25, 0.3) is 0 Å². The van der Waals surface area contributed by atoms with E-state index in [9.17, 15) is 4.79 Å². The highest BCUT2D eigenvalue weighted by Gasteiger charge is 2.24. The summed E-state index contributed by atoms with van der Waals surface area (Å²) in [4.78, 5) is 15.9. The Morgan fingerprint density at radius 3 is 2.59 bits per heavy atom. The number of nitriles is 1. The van der Waals surface area contributed by atoms with Gasteiger partial charge in [-0.05, 0) is 36.8 Å². The Balaban J connectivity index is 2.32. The molecule has 0 amide bonds. The van der Waals surface area contributed by atoms with E-state index < -0.39 is 5.92 Å². The predicted octanol–water partition coefficient (Wildman–Crippen LogP) is 2.47. The summed E-state index contributed by atoms with van der Waals surface area (Å²) in [5.74, 6) is -0.305. The van der Waals surface area contributed by atoms with Gasteiger partial charge in [0.1, 0.15) is 11.7 Å². The van der Waals surface area contributed by atoms with Gasteiger partial charge in [-0.1, -0.05) is 0 Å². The van der Waals surface area contributed by atoms with Crippen LogP contribution in [0.25, 0.3) is 0 Å². The molecule has 0 aliphatic heterocycles. The van der Waals surface area contributed by atoms with Crippen molar-refractivity contribution < 1.29 is 9.21 Å². The van der Waals surface area contributed by atoms with Crippen LogP contribution in [-0.4, -0.2) is 10.8 Å². The van der Waals surface area contributed by atoms with Crippen LogP contribution in [0.15, 0.2) is 41.1 Å². The average Bonchev–Trinajstić information content (AvgIpc) is 2.78. The standard InChI is InChI=1S/C13H10N2O2/c1-9-2-3-12(17-9)13(16)11(8-14)10-4-6-15-7-5-10/h2-7,11H,1H3. The van der Waals surface area contributed by atoms with Gasteiger partial charge in [0.15, 0.2) is 5.76 Å². The van der Waals surface area contributed by atoms with Crippen molar-refractivity contribution in [2.75, 3.05) is 0 Å². The Hall–Kier alpha value is -2.41. The van der Waals surface area contributed by atoms with Crippen LogP contribution in [0.4, 0.5) is 0 Å². The number of ketones is 1. The lowest BCUT2D eigenvalue weighted by Gasteiger charge is -2.05. The van der Waals surface area contributed by atoms with Crippen molar-refractivity contribution in [3.05, 3.63) is 53.7 Å². The molecule has 2 rings (SSSR count). The van der Waals surface area contributed by atoms with E-state index in [1.54, 1.807) is 43.6 Å². The van der Waals surface area contributed by atoms with Crippen LogP contribution >= 0.6 is 0 Å². The van der Waals surface area contributed by atoms with Crippen molar-refractivity contribution in [3.8, 4) is 6.07 Å². The molecule has 4 nitrogen and oxygen atoms in total. The van der Waals surface area contributed by atoms with E-state index in [-0.39, 0.29) is 11.5 Å². The van der Waals surface area contributed by atoms with Gasteiger partial charge >= 0.3 is 0 Å². The maximum atomic E-state index is 12.1. The molecule has 2 aromatic rings. The monoisotopic (exact) mass is 226 g/mol. The van der Waals surface area contributed by atoms with E-state index in [4.69, 9.17) is 9.68 Å². The number of nitrogens with zero attached hydrogens (tertiary/aromatic N) is 2. The molecule has 1 unspecified atom stereocenters. The highest BCUT2D eigenvalue weighted by Crippen LogP contribution is 2.20. The minimum Gasteiger partial charge on any atom is -0.458 e. The van der Waals surface area contributed by atoms with Crippen LogP contribution in [0, 0.1) is 18.3 Å². The smallest absolute Gasteiger partial charge is 0.219 e. The van der Waals surface area contributed by atoms with Gasteiger partial charge in [-0.3, -0.25) is 9.78 Å². The molecule has 0 aliphatic carbocycles. The maximum absolute atomic E-state index is 12.1. The summed E-state index contributed by atoms with van der Waals surface area (Å²) in [6, 6.07) is 8.59. The minimum atomic E-state index is -0.844. The molecule has 1 atom stereocenters. The van der Waals surface area contributed by atoms with Crippen molar-refractivity contribution in [2.45, 2.75) is 12.8 Å². The summed E-state index contributed by atoms with van der Waals surface area (Å²) in [6.45, 7) is 1.75. The number of aromatic nitrogens is 1. The average molecular weight is 226 g/mol. The number of pyridine rings is 1. The minimum absolute atomic E-state index is 0.214. The molecule has 0 aromatic carbocycles. The summed E-state index contributed by atoms with van der Waals surface area (Å²) in [6.07, 6.45) is 3.11. The SMILES string of the molecule is Cc1ccc(C(=O)C(C#N)c2ccncc2)o1. The second-order valence-corrected chi connectivity index (χ2v) is 3.62. The molecule has 4 heteroatoms. The van der Waals surface area contributed by atoms with Gasteiger partial charge in [-0.2, -0.15) is 5.26 Å². The Bertz CT molecular complexity index is 567. The number of furan rings is 1. The Kier molecular flexibility index (Phi) is 3.01. The van der Waals surface area contributed by atoms with Gasteiger partial charge in [0.2, 0.25) is 5.78 Å². The molecule has 2 heterocycles. The molecule has 0 bridgehead atoms. The number of hydrogen-bond acceptors (Lipinski definition) is 4. The van der Waals surface area contributed by atoms with E-state index >= 15 is 0 Å². The topological polar surface area (TPSA) is 66.9 Å². The lowest BCUT2D eigenvalue weighted by atomic mass is 9.96. The van der Waals surface area contributed by atoms with Crippen LogP contribution in [0.2, 0.25) is 0 Å². The van der Waals surface area contributed by atoms with Crippen LogP contribution in [-0.2, 0) is 0 Å². The number of hydrogen-bond donors (Lipinski definition) is 0. The molecule has 0 fully saturated rings. The number of carbonyl (C=O) groups excluding carboxylic acids is 1. The summed E-state index contributed by atoms with van der Waals surface area (Å²) in [5, 5.41) is 9.09. The van der Waals surface area contributed by atoms with Crippen LogP contribution in [0.1, 0.15) is 27.8 Å². The Morgan fingerprint density at radius 1 is 1.35 bits per heavy atom. The molecule has 0 N–H and O–H groups in total. The summed E-state index contributed by atoms with van der Waals surface area (Å²) < 4.78 is 5.23. The van der Waals surface area contributed by atoms with Crippen LogP contribution in [0.5, 0.6) is 0 Å². The molecule has 2 aromatic heterocycles. The molecular formula is C13H10N2O2. The molecule has 0 saturated heterocycles. The zero-order valence-corrected chi connectivity index (χ0v) is 9.25.